The van der Waals surface area contributed by atoms with Crippen molar-refractivity contribution in [3.63, 3.8) is 0 Å². The summed E-state index contributed by atoms with van der Waals surface area (Å²) in [6.07, 6.45) is 0. The molecule has 5 heteroatoms. The van der Waals surface area contributed by atoms with Gasteiger partial charge < -0.3 is 11.0 Å². The molecule has 0 unspecified atom stereocenters. The van der Waals surface area contributed by atoms with Crippen LogP contribution in [0.15, 0.2) is 0 Å². The van der Waals surface area contributed by atoms with Crippen LogP contribution in [0.1, 0.15) is 0 Å². The van der Waals surface area contributed by atoms with Crippen LogP contribution in [0.25, 0.3) is 0 Å². The summed E-state index contributed by atoms with van der Waals surface area (Å²) in [5.41, 5.74) is 0. The fourth-order valence-corrected chi connectivity index (χ4v) is 0. The Bertz CT molecular complexity index is 7.61. The maximum absolute atomic E-state index is 0. The fraction of sp³-hybridized carbons (Fsp3) is 0. The van der Waals surface area contributed by atoms with Crippen LogP contribution in [0.4, 0.5) is 0 Å². The van der Waals surface area contributed by atoms with Crippen molar-refractivity contribution in [1.82, 2.24) is 0 Å². The van der Waals surface area contributed by atoms with Crippen LogP contribution >= 0.6 is 0 Å². The normalized spacial score (nSPS) is 0. The average molecular weight is 593 g/mol. The van der Waals surface area contributed by atoms with Gasteiger partial charge in [0, 0.05) is 108 Å². The monoisotopic (exact) mass is 593 g/mol. The average Bonchev–Trinajstić information content (AvgIpc) is 0. The first-order chi connectivity index (χ1) is 0. The molecule has 0 amide bonds. The van der Waals surface area contributed by atoms with Crippen LogP contribution in [-0.2, 0) is 19.5 Å². The quantitative estimate of drug-likeness (QED) is 0.303. The molecule has 0 heterocycles. The van der Waals surface area contributed by atoms with E-state index in [1.165, 1.54) is 0 Å². The first-order valence-corrected chi connectivity index (χ1v) is 0. The summed E-state index contributed by atoms with van der Waals surface area (Å²) in [7, 11) is 0. The van der Waals surface area contributed by atoms with Crippen molar-refractivity contribution in [3.8, 4) is 0 Å². The molecule has 5 heavy (non-hydrogen) atoms. The van der Waals surface area contributed by atoms with Gasteiger partial charge in [-0.2, -0.15) is 0 Å². The molecule has 0 saturated heterocycles. The molecule has 3 radical (unpaired) electrons. The molecule has 0 aliphatic rings. The zero-order chi connectivity index (χ0) is 0. The molecule has 4 N–H and O–H groups in total. The topological polar surface area (TPSA) is 63.0 Å². The van der Waals surface area contributed by atoms with Gasteiger partial charge in [0.15, 0.2) is 0 Å². The molecule has 0 aromatic carbocycles. The Hall–Kier alpha value is 3.43. The Morgan fingerprint density at radius 1 is 0.600 bits per heavy atom. The van der Waals surface area contributed by atoms with Gasteiger partial charge in [-0.1, -0.05) is 0 Å². The van der Waals surface area contributed by atoms with Crippen molar-refractivity contribution in [3.05, 3.63) is 0 Å². The molecular weight excluding hydrogens is 589 g/mol. The zero-order valence-corrected chi connectivity index (χ0v) is 13.6. The molecule has 0 aromatic rings. The second kappa shape index (κ2) is 26.1. The van der Waals surface area contributed by atoms with Gasteiger partial charge in [-0.3, -0.25) is 0 Å². The second-order valence-corrected chi connectivity index (χ2v) is 0. The Labute approximate surface area is 115 Å². The predicted octanol–water partition coefficient (Wildman–Crippen LogP) is -1.65. The van der Waals surface area contributed by atoms with Gasteiger partial charge >= 0.3 is 0 Å². The Morgan fingerprint density at radius 3 is 0.600 bits per heavy atom. The summed E-state index contributed by atoms with van der Waals surface area (Å²) in [5, 5.41) is 0. The summed E-state index contributed by atoms with van der Waals surface area (Å²) in [4.78, 5) is 0. The molecular formula is H4Ac2O2Rh. The fourth-order valence-electron chi connectivity index (χ4n) is 0. The Kier molecular flexibility index (Phi) is 207. The van der Waals surface area contributed by atoms with Crippen molar-refractivity contribution >= 4 is 0 Å². The standard InChI is InChI=1S/2Ac.2H2O.Rh/h;;2*1H2;. The van der Waals surface area contributed by atoms with E-state index in [0.29, 0.717) is 0 Å². The third kappa shape index (κ3) is 18.6. The van der Waals surface area contributed by atoms with Gasteiger partial charge in [0.1, 0.15) is 0 Å². The Balaban J connectivity index is 0. The van der Waals surface area contributed by atoms with E-state index in [9.17, 15) is 0 Å². The van der Waals surface area contributed by atoms with Gasteiger partial charge in [-0.15, -0.1) is 0 Å². The summed E-state index contributed by atoms with van der Waals surface area (Å²) in [5.74, 6) is 0. The van der Waals surface area contributed by atoms with E-state index >= 15 is 0 Å². The van der Waals surface area contributed by atoms with Gasteiger partial charge in [0.25, 0.3) is 0 Å². The van der Waals surface area contributed by atoms with Gasteiger partial charge in [-0.05, 0) is 0 Å². The van der Waals surface area contributed by atoms with E-state index < -0.39 is 0 Å². The predicted molar refractivity (Wildman–Crippen MR) is 7.23 cm³/mol. The molecule has 0 saturated carbocycles. The molecule has 0 spiro atoms. The van der Waals surface area contributed by atoms with Crippen LogP contribution in [0.2, 0.25) is 0 Å². The van der Waals surface area contributed by atoms with Crippen molar-refractivity contribution < 1.29 is 119 Å². The smallest absolute Gasteiger partial charge is 0 e. The minimum Gasteiger partial charge on any atom is -0.412 e. The molecule has 0 aliphatic carbocycles. The van der Waals surface area contributed by atoms with Crippen LogP contribution in [0.5, 0.6) is 0 Å². The van der Waals surface area contributed by atoms with Crippen molar-refractivity contribution in [1.29, 1.82) is 0 Å². The molecule has 0 aliphatic heterocycles. The first-order valence-electron chi connectivity index (χ1n) is 0. The van der Waals surface area contributed by atoms with Crippen molar-refractivity contribution in [2.75, 3.05) is 0 Å². The minimum atomic E-state index is 0. The van der Waals surface area contributed by atoms with E-state index in [-0.39, 0.29) is 119 Å². The number of rotatable bonds is 0. The van der Waals surface area contributed by atoms with E-state index in [2.05, 4.69) is 0 Å². The van der Waals surface area contributed by atoms with Crippen LogP contribution in [0.3, 0.4) is 0 Å². The SMILES string of the molecule is O.O.[Ac].[Ac].[Rh]. The molecule has 2 nitrogen and oxygen atoms in total. The molecule has 31 valence electrons. The molecule has 0 atom stereocenters. The van der Waals surface area contributed by atoms with Gasteiger partial charge in [0.05, 0.1) is 0 Å². The zero-order valence-electron chi connectivity index (χ0n) is 2.49. The van der Waals surface area contributed by atoms with Crippen molar-refractivity contribution in [2.24, 2.45) is 0 Å². The minimum absolute atomic E-state index is 0. The largest absolute Gasteiger partial charge is 0.412 e. The van der Waals surface area contributed by atoms with E-state index in [0.717, 1.165) is 0 Å². The maximum atomic E-state index is 0. The van der Waals surface area contributed by atoms with Gasteiger partial charge in [0.2, 0.25) is 0 Å². The number of hydrogen-bond acceptors (Lipinski definition) is 0. The third-order valence-electron chi connectivity index (χ3n) is 0. The van der Waals surface area contributed by atoms with Gasteiger partial charge in [-0.25, -0.2) is 0 Å². The third-order valence-corrected chi connectivity index (χ3v) is 0. The summed E-state index contributed by atoms with van der Waals surface area (Å²) in [6, 6.07) is 0. The van der Waals surface area contributed by atoms with Crippen LogP contribution in [0, 0.1) is 88.1 Å². The molecule has 0 bridgehead atoms. The second-order valence-electron chi connectivity index (χ2n) is 0. The number of hydrogen-bond donors (Lipinski definition) is 0. The van der Waals surface area contributed by atoms with E-state index in [1.54, 1.807) is 0 Å². The first kappa shape index (κ1) is 39.6. The summed E-state index contributed by atoms with van der Waals surface area (Å²) < 4.78 is 0. The Morgan fingerprint density at radius 2 is 0.600 bits per heavy atom. The van der Waals surface area contributed by atoms with E-state index in [1.807, 2.05) is 0 Å². The molecule has 0 fully saturated rings. The summed E-state index contributed by atoms with van der Waals surface area (Å²) >= 11 is 0. The maximum Gasteiger partial charge on any atom is 0 e. The van der Waals surface area contributed by atoms with E-state index in [4.69, 9.17) is 0 Å². The molecule has 0 rings (SSSR count). The van der Waals surface area contributed by atoms with Crippen LogP contribution in [-0.4, -0.2) is 11.0 Å². The molecule has 0 aromatic heterocycles. The summed E-state index contributed by atoms with van der Waals surface area (Å²) in [6.45, 7) is 0. The van der Waals surface area contributed by atoms with Crippen LogP contribution < -0.4 is 0 Å². The van der Waals surface area contributed by atoms with Crippen molar-refractivity contribution in [2.45, 2.75) is 0 Å².